The fourth-order valence-electron chi connectivity index (χ4n) is 1.91. The minimum absolute atomic E-state index is 0.110. The zero-order valence-electron chi connectivity index (χ0n) is 12.8. The normalized spacial score (nSPS) is 11.7. The van der Waals surface area contributed by atoms with Crippen LogP contribution in [0.4, 0.5) is 0 Å². The average Bonchev–Trinajstić information content (AvgIpc) is 2.46. The summed E-state index contributed by atoms with van der Waals surface area (Å²) in [6.45, 7) is 8.14. The van der Waals surface area contributed by atoms with Gasteiger partial charge in [0.15, 0.2) is 0 Å². The number of hydroxylamine groups is 1. The number of amides is 1. The first-order chi connectivity index (χ1) is 9.88. The van der Waals surface area contributed by atoms with Gasteiger partial charge in [0.05, 0.1) is 11.5 Å². The maximum Gasteiger partial charge on any atom is 0.275 e. The molecule has 7 heteroatoms. The predicted octanol–water partition coefficient (Wildman–Crippen LogP) is 1.71. The van der Waals surface area contributed by atoms with Crippen LogP contribution in [0.25, 0.3) is 0 Å². The van der Waals surface area contributed by atoms with Crippen molar-refractivity contribution in [3.05, 3.63) is 29.3 Å². The van der Waals surface area contributed by atoms with Gasteiger partial charge >= 0.3 is 0 Å². The van der Waals surface area contributed by atoms with Crippen molar-refractivity contribution in [2.24, 2.45) is 0 Å². The molecule has 0 saturated carbocycles. The highest BCUT2D eigenvalue weighted by Crippen LogP contribution is 2.19. The number of rotatable bonds is 7. The van der Waals surface area contributed by atoms with E-state index in [0.717, 1.165) is 0 Å². The average molecular weight is 314 g/mol. The molecule has 1 amide bonds. The van der Waals surface area contributed by atoms with E-state index in [-0.39, 0.29) is 10.5 Å². The van der Waals surface area contributed by atoms with E-state index in [4.69, 9.17) is 4.84 Å². The zero-order chi connectivity index (χ0) is 16.0. The van der Waals surface area contributed by atoms with Crippen LogP contribution in [0.3, 0.4) is 0 Å². The maximum atomic E-state index is 12.5. The number of carbonyl (C=O) groups excluding carboxylic acids is 1. The van der Waals surface area contributed by atoms with Gasteiger partial charge in [-0.25, -0.2) is 13.9 Å². The topological polar surface area (TPSA) is 75.7 Å². The summed E-state index contributed by atoms with van der Waals surface area (Å²) in [7, 11) is -3.58. The second-order valence-corrected chi connectivity index (χ2v) is 6.37. The Morgan fingerprint density at radius 1 is 1.24 bits per heavy atom. The molecule has 0 fully saturated rings. The molecule has 118 valence electrons. The minimum atomic E-state index is -3.58. The van der Waals surface area contributed by atoms with Crippen LogP contribution in [0.1, 0.15) is 36.7 Å². The smallest absolute Gasteiger partial charge is 0.274 e. The molecule has 0 aliphatic heterocycles. The summed E-state index contributed by atoms with van der Waals surface area (Å²) < 4.78 is 26.3. The third-order valence-corrected chi connectivity index (χ3v) is 5.15. The molecule has 1 N–H and O–H groups in total. The van der Waals surface area contributed by atoms with Crippen molar-refractivity contribution in [3.8, 4) is 0 Å². The van der Waals surface area contributed by atoms with Crippen LogP contribution in [-0.4, -0.2) is 38.3 Å². The van der Waals surface area contributed by atoms with Crippen molar-refractivity contribution in [3.63, 3.8) is 0 Å². The molecule has 6 nitrogen and oxygen atoms in total. The van der Waals surface area contributed by atoms with Gasteiger partial charge in [-0.15, -0.1) is 0 Å². The van der Waals surface area contributed by atoms with E-state index < -0.39 is 15.9 Å². The molecule has 1 aromatic carbocycles. The number of nitrogens with one attached hydrogen (secondary N) is 1. The molecule has 0 heterocycles. The number of hydrogen-bond donors (Lipinski definition) is 1. The van der Waals surface area contributed by atoms with Gasteiger partial charge in [0.2, 0.25) is 10.0 Å². The van der Waals surface area contributed by atoms with Crippen molar-refractivity contribution in [1.29, 1.82) is 0 Å². The molecule has 0 unspecified atom stereocenters. The molecule has 0 atom stereocenters. The van der Waals surface area contributed by atoms with Crippen LogP contribution in [0, 0.1) is 6.92 Å². The molecule has 21 heavy (non-hydrogen) atoms. The van der Waals surface area contributed by atoms with Crippen LogP contribution in [0.5, 0.6) is 0 Å². The number of benzene rings is 1. The van der Waals surface area contributed by atoms with Gasteiger partial charge in [0.25, 0.3) is 5.91 Å². The number of carbonyl (C=O) groups is 1. The van der Waals surface area contributed by atoms with E-state index in [9.17, 15) is 13.2 Å². The number of hydrogen-bond acceptors (Lipinski definition) is 4. The van der Waals surface area contributed by atoms with Crippen molar-refractivity contribution in [2.45, 2.75) is 32.6 Å². The van der Waals surface area contributed by atoms with E-state index >= 15 is 0 Å². The molecular weight excluding hydrogens is 292 g/mol. The van der Waals surface area contributed by atoms with E-state index in [0.29, 0.717) is 25.3 Å². The fourth-order valence-corrected chi connectivity index (χ4v) is 3.40. The Hall–Kier alpha value is -1.44. The fraction of sp³-hybridized carbons (Fsp3) is 0.500. The third-order valence-electron chi connectivity index (χ3n) is 3.11. The molecule has 0 bridgehead atoms. The monoisotopic (exact) mass is 314 g/mol. The number of aryl methyl sites for hydroxylation is 1. The summed E-state index contributed by atoms with van der Waals surface area (Å²) in [4.78, 5) is 16.9. The Morgan fingerprint density at radius 3 is 2.38 bits per heavy atom. The van der Waals surface area contributed by atoms with Gasteiger partial charge in [0, 0.05) is 18.7 Å². The standard InChI is InChI=1S/C14H22N2O4S/c1-5-16(6-2)21(18,19)12-9-8-11(4)13(10-12)14(17)15-20-7-3/h8-10H,5-7H2,1-4H3,(H,15,17). The van der Waals surface area contributed by atoms with Crippen molar-refractivity contribution < 1.29 is 18.0 Å². The Morgan fingerprint density at radius 2 is 1.86 bits per heavy atom. The largest absolute Gasteiger partial charge is 0.275 e. The Labute approximate surface area is 126 Å². The van der Waals surface area contributed by atoms with E-state index in [1.165, 1.54) is 16.4 Å². The lowest BCUT2D eigenvalue weighted by Gasteiger charge is -2.19. The third kappa shape index (κ3) is 4.03. The molecule has 0 radical (unpaired) electrons. The Bertz CT molecular complexity index is 595. The summed E-state index contributed by atoms with van der Waals surface area (Å²) >= 11 is 0. The van der Waals surface area contributed by atoms with Gasteiger partial charge in [-0.3, -0.25) is 9.63 Å². The first-order valence-corrected chi connectivity index (χ1v) is 8.35. The highest BCUT2D eigenvalue weighted by Gasteiger charge is 2.23. The van der Waals surface area contributed by atoms with Gasteiger partial charge in [-0.1, -0.05) is 19.9 Å². The van der Waals surface area contributed by atoms with Crippen LogP contribution < -0.4 is 5.48 Å². The number of sulfonamides is 1. The van der Waals surface area contributed by atoms with Gasteiger partial charge < -0.3 is 0 Å². The van der Waals surface area contributed by atoms with E-state index in [1.807, 2.05) is 0 Å². The number of nitrogens with zero attached hydrogens (tertiary/aromatic N) is 1. The van der Waals surface area contributed by atoms with Crippen molar-refractivity contribution in [2.75, 3.05) is 19.7 Å². The quantitative estimate of drug-likeness (QED) is 0.777. The second-order valence-electron chi connectivity index (χ2n) is 4.43. The highest BCUT2D eigenvalue weighted by molar-refractivity contribution is 7.89. The first kappa shape index (κ1) is 17.6. The van der Waals surface area contributed by atoms with Crippen LogP contribution in [0.15, 0.2) is 23.1 Å². The van der Waals surface area contributed by atoms with Crippen LogP contribution in [0.2, 0.25) is 0 Å². The molecule has 0 spiro atoms. The Kier molecular flexibility index (Phi) is 6.32. The molecule has 0 aliphatic carbocycles. The molecule has 1 rings (SSSR count). The summed E-state index contributed by atoms with van der Waals surface area (Å²) in [6, 6.07) is 4.52. The first-order valence-electron chi connectivity index (χ1n) is 6.91. The van der Waals surface area contributed by atoms with Crippen LogP contribution >= 0.6 is 0 Å². The molecule has 0 saturated heterocycles. The molecule has 1 aromatic rings. The van der Waals surface area contributed by atoms with Gasteiger partial charge in [-0.05, 0) is 31.5 Å². The predicted molar refractivity (Wildman–Crippen MR) is 80.4 cm³/mol. The van der Waals surface area contributed by atoms with E-state index in [2.05, 4.69) is 5.48 Å². The summed E-state index contributed by atoms with van der Waals surface area (Å²) in [5.41, 5.74) is 3.25. The van der Waals surface area contributed by atoms with Crippen LogP contribution in [-0.2, 0) is 14.9 Å². The summed E-state index contributed by atoms with van der Waals surface area (Å²) in [6.07, 6.45) is 0. The zero-order valence-corrected chi connectivity index (χ0v) is 13.7. The second kappa shape index (κ2) is 7.53. The lowest BCUT2D eigenvalue weighted by atomic mass is 10.1. The van der Waals surface area contributed by atoms with Gasteiger partial charge in [0.1, 0.15) is 0 Å². The SMILES string of the molecule is CCONC(=O)c1cc(S(=O)(=O)N(CC)CC)ccc1C. The lowest BCUT2D eigenvalue weighted by Crippen LogP contribution is -2.31. The minimum Gasteiger partial charge on any atom is -0.274 e. The highest BCUT2D eigenvalue weighted by atomic mass is 32.2. The molecular formula is C14H22N2O4S. The van der Waals surface area contributed by atoms with Crippen molar-refractivity contribution in [1.82, 2.24) is 9.79 Å². The Balaban J connectivity index is 3.20. The lowest BCUT2D eigenvalue weighted by molar-refractivity contribution is 0.0364. The molecule has 0 aromatic heterocycles. The maximum absolute atomic E-state index is 12.5. The summed E-state index contributed by atoms with van der Waals surface area (Å²) in [5, 5.41) is 0. The molecule has 0 aliphatic rings. The van der Waals surface area contributed by atoms with Crippen molar-refractivity contribution >= 4 is 15.9 Å². The van der Waals surface area contributed by atoms with Gasteiger partial charge in [-0.2, -0.15) is 4.31 Å². The van der Waals surface area contributed by atoms with E-state index in [1.54, 1.807) is 33.8 Å². The summed E-state index contributed by atoms with van der Waals surface area (Å²) in [5.74, 6) is -0.453.